The summed E-state index contributed by atoms with van der Waals surface area (Å²) in [7, 11) is -1.77. The molecule has 0 saturated heterocycles. The van der Waals surface area contributed by atoms with Crippen LogP contribution in [0.25, 0.3) is 17.0 Å². The van der Waals surface area contributed by atoms with Gasteiger partial charge in [0.15, 0.2) is 9.84 Å². The zero-order chi connectivity index (χ0) is 23.1. The largest absolute Gasteiger partial charge is 0.383 e. The van der Waals surface area contributed by atoms with Gasteiger partial charge in [0.25, 0.3) is 0 Å². The molecule has 0 amide bonds. The van der Waals surface area contributed by atoms with E-state index in [1.54, 1.807) is 25.3 Å². The average molecular weight is 454 g/mol. The normalized spacial score (nSPS) is 11.9. The summed E-state index contributed by atoms with van der Waals surface area (Å²) in [5, 5.41) is 6.60. The summed E-state index contributed by atoms with van der Waals surface area (Å²) in [6, 6.07) is 13.6. The van der Waals surface area contributed by atoms with Gasteiger partial charge >= 0.3 is 0 Å². The summed E-state index contributed by atoms with van der Waals surface area (Å²) in [6.45, 7) is 0.820. The van der Waals surface area contributed by atoms with Crippen LogP contribution in [-0.2, 0) is 27.7 Å². The minimum absolute atomic E-state index is 0.0225. The number of anilines is 1. The molecule has 32 heavy (non-hydrogen) atoms. The fourth-order valence-corrected chi connectivity index (χ4v) is 3.57. The Kier molecular flexibility index (Phi) is 7.23. The van der Waals surface area contributed by atoms with Crippen molar-refractivity contribution in [3.63, 3.8) is 0 Å². The average Bonchev–Trinajstić information content (AvgIpc) is 2.76. The van der Waals surface area contributed by atoms with E-state index in [0.29, 0.717) is 30.1 Å². The molecule has 11 heteroatoms. The van der Waals surface area contributed by atoms with Gasteiger partial charge in [0.05, 0.1) is 40.8 Å². The number of sulfone groups is 1. The van der Waals surface area contributed by atoms with E-state index >= 15 is 0 Å². The highest BCUT2D eigenvalue weighted by Gasteiger charge is 2.12. The lowest BCUT2D eigenvalue weighted by molar-refractivity contribution is 0.181. The van der Waals surface area contributed by atoms with E-state index in [9.17, 15) is 8.42 Å². The number of pyridine rings is 1. The second kappa shape index (κ2) is 10.1. The highest BCUT2D eigenvalue weighted by molar-refractivity contribution is 7.90. The van der Waals surface area contributed by atoms with Gasteiger partial charge in [0.2, 0.25) is 5.95 Å². The molecule has 2 heterocycles. The molecule has 0 unspecified atom stereocenters. The molecule has 10 nitrogen and oxygen atoms in total. The summed E-state index contributed by atoms with van der Waals surface area (Å²) >= 11 is 0. The number of hydrogen-bond acceptors (Lipinski definition) is 10. The third kappa shape index (κ3) is 5.93. The van der Waals surface area contributed by atoms with E-state index in [1.165, 1.54) is 18.3 Å². The molecular formula is C21H23N7O3S. The van der Waals surface area contributed by atoms with Crippen LogP contribution in [0.2, 0.25) is 0 Å². The van der Waals surface area contributed by atoms with Crippen molar-refractivity contribution in [2.24, 2.45) is 5.11 Å². The van der Waals surface area contributed by atoms with E-state index in [4.69, 9.17) is 16.0 Å². The monoisotopic (exact) mass is 453 g/mol. The summed E-state index contributed by atoms with van der Waals surface area (Å²) in [6.07, 6.45) is 2.67. The van der Waals surface area contributed by atoms with E-state index in [2.05, 4.69) is 25.4 Å². The number of rotatable bonds is 9. The minimum Gasteiger partial charge on any atom is -0.383 e. The van der Waals surface area contributed by atoms with Gasteiger partial charge in [-0.05, 0) is 30.3 Å². The third-order valence-electron chi connectivity index (χ3n) is 4.36. The number of ether oxygens (including phenoxy) is 1. The molecule has 166 valence electrons. The molecule has 2 aromatic heterocycles. The number of methoxy groups -OCH3 is 1. The molecule has 3 rings (SSSR count). The molecule has 0 spiro atoms. The van der Waals surface area contributed by atoms with E-state index in [-0.39, 0.29) is 16.5 Å². The Hall–Kier alpha value is -3.70. The van der Waals surface area contributed by atoms with Crippen molar-refractivity contribution in [2.45, 2.75) is 18.0 Å². The highest BCUT2D eigenvalue weighted by Crippen LogP contribution is 2.24. The van der Waals surface area contributed by atoms with Crippen LogP contribution < -0.4 is 11.1 Å². The van der Waals surface area contributed by atoms with Crippen molar-refractivity contribution in [1.29, 1.82) is 5.53 Å². The molecule has 0 aliphatic heterocycles. The molecule has 0 fully saturated rings. The summed E-state index contributed by atoms with van der Waals surface area (Å²) in [5.74, 6) is -0.0225. The highest BCUT2D eigenvalue weighted by atomic mass is 32.2. The lowest BCUT2D eigenvalue weighted by Crippen LogP contribution is -2.09. The predicted octanol–water partition coefficient (Wildman–Crippen LogP) is 2.79. The van der Waals surface area contributed by atoms with E-state index < -0.39 is 9.84 Å². The summed E-state index contributed by atoms with van der Waals surface area (Å²) in [4.78, 5) is 13.0. The maximum atomic E-state index is 11.9. The molecule has 0 aliphatic carbocycles. The third-order valence-corrected chi connectivity index (χ3v) is 5.47. The Balaban J connectivity index is 1.85. The van der Waals surface area contributed by atoms with Crippen LogP contribution in [0.1, 0.15) is 17.1 Å². The Morgan fingerprint density at radius 2 is 1.91 bits per heavy atom. The molecule has 0 saturated carbocycles. The van der Waals surface area contributed by atoms with Crippen LogP contribution in [0.3, 0.4) is 0 Å². The first kappa shape index (κ1) is 23.0. The lowest BCUT2D eigenvalue weighted by atomic mass is 10.1. The number of hydrogen-bond donors (Lipinski definition) is 3. The van der Waals surface area contributed by atoms with Crippen LogP contribution in [0, 0.1) is 5.53 Å². The number of nitrogens with one attached hydrogen (secondary N) is 2. The predicted molar refractivity (Wildman–Crippen MR) is 120 cm³/mol. The van der Waals surface area contributed by atoms with Gasteiger partial charge < -0.3 is 15.8 Å². The Labute approximate surface area is 186 Å². The standard InChI is InChI=1S/C21H23N7O3S/c1-31-13-16-7-4-6-15(25-16)11-24-12-20(28-23)19-10-18(26-21(22)27-19)14-5-3-8-17(9-14)32(2,29)30/h3-10,12,23-24H,11,13H2,1-2H3,(H2,22,26,27)/b20-12-,28-23?. The lowest BCUT2D eigenvalue weighted by Gasteiger charge is -2.08. The van der Waals surface area contributed by atoms with Crippen molar-refractivity contribution >= 4 is 21.5 Å². The first-order valence-corrected chi connectivity index (χ1v) is 11.4. The molecule has 3 aromatic rings. The van der Waals surface area contributed by atoms with Gasteiger partial charge in [-0.3, -0.25) is 4.98 Å². The SMILES string of the molecule is COCc1cccc(CN/C=C(\N=N)c2cc(-c3cccc(S(C)(=O)=O)c3)nc(N)n2)n1. The van der Waals surface area contributed by atoms with Crippen molar-refractivity contribution in [2.75, 3.05) is 19.1 Å². The number of nitrogen functional groups attached to an aromatic ring is 1. The Morgan fingerprint density at radius 3 is 2.62 bits per heavy atom. The molecule has 0 bridgehead atoms. The van der Waals surface area contributed by atoms with E-state index in [1.807, 2.05) is 18.2 Å². The van der Waals surface area contributed by atoms with Crippen molar-refractivity contribution < 1.29 is 13.2 Å². The molecule has 0 aliphatic rings. The number of nitrogens with two attached hydrogens (primary N) is 1. The zero-order valence-electron chi connectivity index (χ0n) is 17.6. The Morgan fingerprint density at radius 1 is 1.16 bits per heavy atom. The van der Waals surface area contributed by atoms with Gasteiger partial charge in [0, 0.05) is 25.1 Å². The topological polar surface area (TPSA) is 156 Å². The van der Waals surface area contributed by atoms with Crippen LogP contribution in [0.15, 0.2) is 64.7 Å². The van der Waals surface area contributed by atoms with Crippen molar-refractivity contribution in [3.8, 4) is 11.3 Å². The van der Waals surface area contributed by atoms with Crippen LogP contribution >= 0.6 is 0 Å². The minimum atomic E-state index is -3.38. The Bertz CT molecular complexity index is 1260. The molecular weight excluding hydrogens is 430 g/mol. The first-order chi connectivity index (χ1) is 15.3. The smallest absolute Gasteiger partial charge is 0.221 e. The first-order valence-electron chi connectivity index (χ1n) is 9.50. The number of benzene rings is 1. The van der Waals surface area contributed by atoms with Crippen molar-refractivity contribution in [3.05, 3.63) is 71.8 Å². The maximum absolute atomic E-state index is 11.9. The van der Waals surface area contributed by atoms with Crippen LogP contribution in [0.5, 0.6) is 0 Å². The van der Waals surface area contributed by atoms with Gasteiger partial charge in [0.1, 0.15) is 5.70 Å². The van der Waals surface area contributed by atoms with E-state index in [0.717, 1.165) is 17.6 Å². The fourth-order valence-electron chi connectivity index (χ4n) is 2.90. The quantitative estimate of drug-likeness (QED) is 0.417. The molecule has 1 aromatic carbocycles. The second-order valence-electron chi connectivity index (χ2n) is 6.87. The summed E-state index contributed by atoms with van der Waals surface area (Å²) in [5.41, 5.74) is 16.5. The second-order valence-corrected chi connectivity index (χ2v) is 8.89. The van der Waals surface area contributed by atoms with Crippen LogP contribution in [0.4, 0.5) is 5.95 Å². The number of nitrogens with zero attached hydrogens (tertiary/aromatic N) is 4. The van der Waals surface area contributed by atoms with Gasteiger partial charge in [-0.15, -0.1) is 0 Å². The maximum Gasteiger partial charge on any atom is 0.221 e. The summed E-state index contributed by atoms with van der Waals surface area (Å²) < 4.78 is 28.8. The van der Waals surface area contributed by atoms with Crippen LogP contribution in [-0.4, -0.2) is 36.7 Å². The van der Waals surface area contributed by atoms with Crippen molar-refractivity contribution in [1.82, 2.24) is 20.3 Å². The molecule has 4 N–H and O–H groups in total. The van der Waals surface area contributed by atoms with Gasteiger partial charge in [-0.2, -0.15) is 5.11 Å². The number of aromatic nitrogens is 3. The molecule has 0 radical (unpaired) electrons. The van der Waals surface area contributed by atoms with Gasteiger partial charge in [-0.1, -0.05) is 18.2 Å². The zero-order valence-corrected chi connectivity index (χ0v) is 18.4. The fraction of sp³-hybridized carbons (Fsp3) is 0.190. The molecule has 0 atom stereocenters. The van der Waals surface area contributed by atoms with Gasteiger partial charge in [-0.25, -0.2) is 23.9 Å².